The summed E-state index contributed by atoms with van der Waals surface area (Å²) in [5.41, 5.74) is 0. The predicted molar refractivity (Wildman–Crippen MR) is 39.1 cm³/mol. The molecule has 1 N–H and O–H groups in total. The van der Waals surface area contributed by atoms with Crippen LogP contribution in [0, 0.1) is 0 Å². The first-order chi connectivity index (χ1) is 7.87. The average Bonchev–Trinajstić information content (AvgIpc) is 2.12. The summed E-state index contributed by atoms with van der Waals surface area (Å²) >= 11 is 0. The van der Waals surface area contributed by atoms with Gasteiger partial charge in [-0.2, -0.15) is 8.78 Å². The van der Waals surface area contributed by atoms with Crippen molar-refractivity contribution >= 4 is 11.9 Å². The Bertz CT molecular complexity index is 330. The summed E-state index contributed by atoms with van der Waals surface area (Å²) < 4.78 is 82.7. The zero-order chi connectivity index (χ0) is 14.7. The Morgan fingerprint density at radius 2 is 1.76 bits per heavy atom. The Morgan fingerprint density at radius 3 is 2.12 bits per heavy atom. The standard InChI is InChI=1S/C7H6F6O4/c8-2(1-3(9)10)7(12,13)17-6(16)4(11)5(14)15/h2-4H,1H2,(H,14,15)/i3D. The number of alkyl halides is 6. The van der Waals surface area contributed by atoms with E-state index in [2.05, 4.69) is 4.74 Å². The summed E-state index contributed by atoms with van der Waals surface area (Å²) in [6, 6.07) is 0. The summed E-state index contributed by atoms with van der Waals surface area (Å²) in [7, 11) is 0. The molecule has 2 unspecified atom stereocenters. The number of carboxylic acid groups (broad SMARTS) is 1. The first-order valence-electron chi connectivity index (χ1n) is 4.36. The van der Waals surface area contributed by atoms with E-state index < -0.39 is 43.2 Å². The maximum Gasteiger partial charge on any atom is 0.432 e. The first-order valence-corrected chi connectivity index (χ1v) is 3.86. The lowest BCUT2D eigenvalue weighted by molar-refractivity contribution is -0.267. The molecule has 4 nitrogen and oxygen atoms in total. The topological polar surface area (TPSA) is 63.6 Å². The summed E-state index contributed by atoms with van der Waals surface area (Å²) in [4.78, 5) is 20.3. The maximum atomic E-state index is 12.6. The van der Waals surface area contributed by atoms with Gasteiger partial charge in [0.2, 0.25) is 12.6 Å². The number of carbonyl (C=O) groups is 2. The lowest BCUT2D eigenvalue weighted by Gasteiger charge is -2.20. The van der Waals surface area contributed by atoms with E-state index >= 15 is 0 Å². The third-order valence-electron chi connectivity index (χ3n) is 1.36. The van der Waals surface area contributed by atoms with Crippen LogP contribution in [0.4, 0.5) is 26.3 Å². The zero-order valence-corrected chi connectivity index (χ0v) is 7.80. The fourth-order valence-electron chi connectivity index (χ4n) is 0.605. The van der Waals surface area contributed by atoms with E-state index in [1.165, 1.54) is 0 Å². The summed E-state index contributed by atoms with van der Waals surface area (Å²) in [6.45, 7) is 0. The minimum Gasteiger partial charge on any atom is -0.479 e. The average molecular weight is 269 g/mol. The molecule has 0 aliphatic heterocycles. The van der Waals surface area contributed by atoms with Gasteiger partial charge in [-0.25, -0.2) is 27.2 Å². The van der Waals surface area contributed by atoms with Crippen LogP contribution in [0.25, 0.3) is 0 Å². The van der Waals surface area contributed by atoms with Gasteiger partial charge in [-0.15, -0.1) is 0 Å². The van der Waals surface area contributed by atoms with Crippen LogP contribution in [0.15, 0.2) is 0 Å². The second-order valence-electron chi connectivity index (χ2n) is 2.69. The van der Waals surface area contributed by atoms with Crippen LogP contribution in [0.5, 0.6) is 0 Å². The largest absolute Gasteiger partial charge is 0.479 e. The van der Waals surface area contributed by atoms with Crippen molar-refractivity contribution < 1.29 is 47.1 Å². The molecule has 0 fully saturated rings. The SMILES string of the molecule is [2H]C(F)(F)CC(F)C(F)(F)OC(=O)C(F)C(=O)O. The molecule has 10 heteroatoms. The minimum atomic E-state index is -5.17. The summed E-state index contributed by atoms with van der Waals surface area (Å²) in [5.74, 6) is -5.10. The van der Waals surface area contributed by atoms with Crippen LogP contribution in [0.3, 0.4) is 0 Å². The number of hydrogen-bond donors (Lipinski definition) is 1. The van der Waals surface area contributed by atoms with Gasteiger partial charge in [0.05, 0.1) is 0 Å². The van der Waals surface area contributed by atoms with Crippen molar-refractivity contribution in [2.75, 3.05) is 0 Å². The fraction of sp³-hybridized carbons (Fsp3) is 0.714. The lowest BCUT2D eigenvalue weighted by Crippen LogP contribution is -2.40. The number of ether oxygens (including phenoxy) is 1. The molecule has 0 spiro atoms. The van der Waals surface area contributed by atoms with Gasteiger partial charge in [-0.05, 0) is 0 Å². The molecule has 0 bridgehead atoms. The molecule has 0 aromatic carbocycles. The second-order valence-corrected chi connectivity index (χ2v) is 2.69. The van der Waals surface area contributed by atoms with Gasteiger partial charge in [-0.1, -0.05) is 0 Å². The minimum absolute atomic E-state index is 2.31. The predicted octanol–water partition coefficient (Wildman–Crippen LogP) is 1.54. The molecule has 0 rings (SSSR count). The van der Waals surface area contributed by atoms with Gasteiger partial charge in [0, 0.05) is 6.42 Å². The number of esters is 1. The maximum absolute atomic E-state index is 12.6. The molecular formula is C7H6F6O4. The molecule has 0 aliphatic carbocycles. The summed E-state index contributed by atoms with van der Waals surface area (Å²) in [5, 5.41) is 7.91. The van der Waals surface area contributed by atoms with Crippen LogP contribution in [-0.2, 0) is 14.3 Å². The number of rotatable bonds is 6. The molecular weight excluding hydrogens is 262 g/mol. The van der Waals surface area contributed by atoms with Crippen LogP contribution >= 0.6 is 0 Å². The quantitative estimate of drug-likeness (QED) is 0.451. The molecule has 0 amide bonds. The van der Waals surface area contributed by atoms with Crippen molar-refractivity contribution in [3.05, 3.63) is 0 Å². The van der Waals surface area contributed by atoms with E-state index in [0.29, 0.717) is 0 Å². The fourth-order valence-corrected chi connectivity index (χ4v) is 0.605. The van der Waals surface area contributed by atoms with Crippen molar-refractivity contribution in [3.8, 4) is 0 Å². The Labute approximate surface area is 91.6 Å². The monoisotopic (exact) mass is 269 g/mol. The van der Waals surface area contributed by atoms with E-state index in [1.54, 1.807) is 0 Å². The van der Waals surface area contributed by atoms with Gasteiger partial charge in [-0.3, -0.25) is 0 Å². The second kappa shape index (κ2) is 5.73. The zero-order valence-electron chi connectivity index (χ0n) is 8.80. The number of halogens is 6. The number of carboxylic acids is 1. The smallest absolute Gasteiger partial charge is 0.432 e. The van der Waals surface area contributed by atoms with Crippen LogP contribution < -0.4 is 0 Å². The molecule has 0 saturated heterocycles. The Morgan fingerprint density at radius 1 is 1.29 bits per heavy atom. The Hall–Kier alpha value is -1.48. The van der Waals surface area contributed by atoms with Crippen molar-refractivity contribution in [1.29, 1.82) is 0 Å². The Kier molecular flexibility index (Phi) is 4.58. The number of carbonyl (C=O) groups excluding carboxylic acids is 1. The van der Waals surface area contributed by atoms with E-state index in [-0.39, 0.29) is 0 Å². The van der Waals surface area contributed by atoms with E-state index in [1.807, 2.05) is 0 Å². The first kappa shape index (κ1) is 13.6. The van der Waals surface area contributed by atoms with E-state index in [0.717, 1.165) is 0 Å². The third-order valence-corrected chi connectivity index (χ3v) is 1.36. The molecule has 0 radical (unpaired) electrons. The van der Waals surface area contributed by atoms with Crippen molar-refractivity contribution in [2.45, 2.75) is 31.3 Å². The van der Waals surface area contributed by atoms with Crippen LogP contribution in [-0.4, -0.2) is 41.9 Å². The molecule has 0 saturated carbocycles. The van der Waals surface area contributed by atoms with Gasteiger partial charge in [0.25, 0.3) is 6.17 Å². The van der Waals surface area contributed by atoms with Crippen molar-refractivity contribution in [3.63, 3.8) is 0 Å². The molecule has 0 aromatic heterocycles. The van der Waals surface area contributed by atoms with Crippen molar-refractivity contribution in [1.82, 2.24) is 0 Å². The third kappa shape index (κ3) is 4.91. The van der Waals surface area contributed by atoms with Crippen LogP contribution in [0.2, 0.25) is 0 Å². The highest BCUT2D eigenvalue weighted by atomic mass is 19.3. The van der Waals surface area contributed by atoms with Gasteiger partial charge in [0.15, 0.2) is 0 Å². The normalized spacial score (nSPS) is 16.9. The van der Waals surface area contributed by atoms with Gasteiger partial charge >= 0.3 is 18.0 Å². The highest BCUT2D eigenvalue weighted by molar-refractivity contribution is 5.96. The molecule has 0 heterocycles. The highest BCUT2D eigenvalue weighted by Crippen LogP contribution is 2.28. The van der Waals surface area contributed by atoms with Gasteiger partial charge in [0.1, 0.15) is 1.37 Å². The lowest BCUT2D eigenvalue weighted by atomic mass is 10.2. The molecule has 17 heavy (non-hydrogen) atoms. The number of hydrogen-bond acceptors (Lipinski definition) is 3. The number of aliphatic carboxylic acids is 1. The van der Waals surface area contributed by atoms with Gasteiger partial charge < -0.3 is 9.84 Å². The van der Waals surface area contributed by atoms with E-state index in [9.17, 15) is 35.9 Å². The van der Waals surface area contributed by atoms with Crippen molar-refractivity contribution in [2.24, 2.45) is 0 Å². The summed E-state index contributed by atoms with van der Waals surface area (Å²) in [6.07, 6.45) is -19.3. The van der Waals surface area contributed by atoms with Crippen LogP contribution in [0.1, 0.15) is 7.79 Å². The van der Waals surface area contributed by atoms with E-state index in [4.69, 9.17) is 6.48 Å². The highest BCUT2D eigenvalue weighted by Gasteiger charge is 2.48. The molecule has 0 aliphatic rings. The Balaban J connectivity index is 4.65. The molecule has 100 valence electrons. The molecule has 0 aromatic rings. The molecule has 2 atom stereocenters.